The standard InChI is InChI=1S/C14H17N/c1-10-6-12(3)13(7-11(10)2)8-14(9-15)4-5-14/h6-7H,4-5,8H2,1-3H3. The topological polar surface area (TPSA) is 23.8 Å². The fourth-order valence-corrected chi connectivity index (χ4v) is 2.05. The Bertz CT molecular complexity index is 433. The normalized spacial score (nSPS) is 17.2. The molecule has 0 radical (unpaired) electrons. The third-order valence-electron chi connectivity index (χ3n) is 3.57. The molecular weight excluding hydrogens is 182 g/mol. The maximum atomic E-state index is 9.08. The Morgan fingerprint density at radius 3 is 2.27 bits per heavy atom. The maximum absolute atomic E-state index is 9.08. The van der Waals surface area contributed by atoms with Crippen molar-refractivity contribution in [2.45, 2.75) is 40.0 Å². The summed E-state index contributed by atoms with van der Waals surface area (Å²) in [5.41, 5.74) is 5.35. The predicted molar refractivity (Wildman–Crippen MR) is 61.6 cm³/mol. The highest BCUT2D eigenvalue weighted by atomic mass is 14.5. The van der Waals surface area contributed by atoms with Crippen LogP contribution in [0, 0.1) is 37.5 Å². The Labute approximate surface area is 91.7 Å². The molecule has 1 fully saturated rings. The van der Waals surface area contributed by atoms with Gasteiger partial charge in [0.1, 0.15) is 0 Å². The predicted octanol–water partition coefficient (Wildman–Crippen LogP) is 3.46. The molecule has 0 amide bonds. The maximum Gasteiger partial charge on any atom is 0.0693 e. The number of aryl methyl sites for hydroxylation is 3. The van der Waals surface area contributed by atoms with Crippen molar-refractivity contribution < 1.29 is 0 Å². The first-order chi connectivity index (χ1) is 7.06. The van der Waals surface area contributed by atoms with Crippen LogP contribution in [-0.2, 0) is 6.42 Å². The third-order valence-corrected chi connectivity index (χ3v) is 3.57. The lowest BCUT2D eigenvalue weighted by Gasteiger charge is -2.12. The molecule has 0 aromatic heterocycles. The van der Waals surface area contributed by atoms with Crippen LogP contribution < -0.4 is 0 Å². The van der Waals surface area contributed by atoms with E-state index >= 15 is 0 Å². The summed E-state index contributed by atoms with van der Waals surface area (Å²) >= 11 is 0. The van der Waals surface area contributed by atoms with E-state index in [1.54, 1.807) is 0 Å². The number of hydrogen-bond donors (Lipinski definition) is 0. The first kappa shape index (κ1) is 10.2. The first-order valence-corrected chi connectivity index (χ1v) is 5.54. The average molecular weight is 199 g/mol. The van der Waals surface area contributed by atoms with E-state index in [4.69, 9.17) is 5.26 Å². The highest BCUT2D eigenvalue weighted by molar-refractivity contribution is 5.38. The number of hydrogen-bond acceptors (Lipinski definition) is 1. The SMILES string of the molecule is Cc1cc(C)c(CC2(C#N)CC2)cc1C. The number of nitriles is 1. The molecule has 0 saturated heterocycles. The molecule has 0 heterocycles. The van der Waals surface area contributed by atoms with Crippen LogP contribution in [0.25, 0.3) is 0 Å². The first-order valence-electron chi connectivity index (χ1n) is 5.54. The molecule has 0 spiro atoms. The molecule has 1 heteroatoms. The van der Waals surface area contributed by atoms with Crippen molar-refractivity contribution in [1.29, 1.82) is 5.26 Å². The molecule has 15 heavy (non-hydrogen) atoms. The Morgan fingerprint density at radius 2 is 1.73 bits per heavy atom. The lowest BCUT2D eigenvalue weighted by Crippen LogP contribution is -2.04. The molecule has 0 N–H and O–H groups in total. The monoisotopic (exact) mass is 199 g/mol. The average Bonchev–Trinajstić information content (AvgIpc) is 2.95. The molecule has 1 nitrogen and oxygen atoms in total. The van der Waals surface area contributed by atoms with Gasteiger partial charge in [-0.2, -0.15) is 5.26 Å². The summed E-state index contributed by atoms with van der Waals surface area (Å²) in [5, 5.41) is 9.08. The molecule has 1 aliphatic carbocycles. The second-order valence-electron chi connectivity index (χ2n) is 4.93. The van der Waals surface area contributed by atoms with E-state index in [0.717, 1.165) is 19.3 Å². The summed E-state index contributed by atoms with van der Waals surface area (Å²) in [5.74, 6) is 0. The van der Waals surface area contributed by atoms with Crippen LogP contribution in [-0.4, -0.2) is 0 Å². The fraction of sp³-hybridized carbons (Fsp3) is 0.500. The lowest BCUT2D eigenvalue weighted by atomic mass is 9.92. The highest BCUT2D eigenvalue weighted by Crippen LogP contribution is 2.48. The van der Waals surface area contributed by atoms with Crippen molar-refractivity contribution in [1.82, 2.24) is 0 Å². The minimum absolute atomic E-state index is 0.0214. The molecule has 2 rings (SSSR count). The molecule has 0 unspecified atom stereocenters. The van der Waals surface area contributed by atoms with Crippen LogP contribution in [0.2, 0.25) is 0 Å². The Morgan fingerprint density at radius 1 is 1.13 bits per heavy atom. The van der Waals surface area contributed by atoms with Gasteiger partial charge in [-0.25, -0.2) is 0 Å². The van der Waals surface area contributed by atoms with Crippen molar-refractivity contribution in [2.24, 2.45) is 5.41 Å². The lowest BCUT2D eigenvalue weighted by molar-refractivity contribution is 0.661. The largest absolute Gasteiger partial charge is 0.198 e. The van der Waals surface area contributed by atoms with E-state index in [1.807, 2.05) is 0 Å². The molecular formula is C14H17N. The van der Waals surface area contributed by atoms with Crippen LogP contribution in [0.1, 0.15) is 35.1 Å². The second kappa shape index (κ2) is 3.38. The van der Waals surface area contributed by atoms with Crippen LogP contribution in [0.5, 0.6) is 0 Å². The summed E-state index contributed by atoms with van der Waals surface area (Å²) in [6.07, 6.45) is 3.10. The zero-order valence-electron chi connectivity index (χ0n) is 9.72. The Hall–Kier alpha value is -1.29. The molecule has 0 bridgehead atoms. The highest BCUT2D eigenvalue weighted by Gasteiger charge is 2.43. The van der Waals surface area contributed by atoms with Crippen molar-refractivity contribution in [3.8, 4) is 6.07 Å². The van der Waals surface area contributed by atoms with Gasteiger partial charge in [0.05, 0.1) is 11.5 Å². The molecule has 0 aliphatic heterocycles. The molecule has 1 aliphatic rings. The minimum atomic E-state index is -0.0214. The summed E-state index contributed by atoms with van der Waals surface area (Å²) < 4.78 is 0. The summed E-state index contributed by atoms with van der Waals surface area (Å²) in [6, 6.07) is 6.95. The van der Waals surface area contributed by atoms with Gasteiger partial charge in [-0.3, -0.25) is 0 Å². The summed E-state index contributed by atoms with van der Waals surface area (Å²) in [6.45, 7) is 6.43. The van der Waals surface area contributed by atoms with Crippen molar-refractivity contribution in [3.05, 3.63) is 34.4 Å². The van der Waals surface area contributed by atoms with Crippen LogP contribution >= 0.6 is 0 Å². The van der Waals surface area contributed by atoms with Gasteiger partial charge in [0.15, 0.2) is 0 Å². The minimum Gasteiger partial charge on any atom is -0.198 e. The number of rotatable bonds is 2. The molecule has 1 saturated carbocycles. The zero-order chi connectivity index (χ0) is 11.1. The fourth-order valence-electron chi connectivity index (χ4n) is 2.05. The van der Waals surface area contributed by atoms with Gasteiger partial charge >= 0.3 is 0 Å². The van der Waals surface area contributed by atoms with Crippen molar-refractivity contribution >= 4 is 0 Å². The Balaban J connectivity index is 2.30. The molecule has 0 atom stereocenters. The zero-order valence-corrected chi connectivity index (χ0v) is 9.72. The van der Waals surface area contributed by atoms with E-state index in [9.17, 15) is 0 Å². The van der Waals surface area contributed by atoms with E-state index in [1.165, 1.54) is 22.3 Å². The van der Waals surface area contributed by atoms with Gasteiger partial charge < -0.3 is 0 Å². The van der Waals surface area contributed by atoms with Gasteiger partial charge in [-0.15, -0.1) is 0 Å². The third kappa shape index (κ3) is 1.90. The van der Waals surface area contributed by atoms with Gasteiger partial charge in [0.25, 0.3) is 0 Å². The van der Waals surface area contributed by atoms with Crippen LogP contribution in [0.3, 0.4) is 0 Å². The molecule has 1 aromatic carbocycles. The smallest absolute Gasteiger partial charge is 0.0693 e. The molecule has 78 valence electrons. The number of nitrogens with zero attached hydrogens (tertiary/aromatic N) is 1. The van der Waals surface area contributed by atoms with E-state index in [0.29, 0.717) is 0 Å². The van der Waals surface area contributed by atoms with E-state index in [-0.39, 0.29) is 5.41 Å². The Kier molecular flexibility index (Phi) is 2.31. The van der Waals surface area contributed by atoms with Crippen LogP contribution in [0.4, 0.5) is 0 Å². The van der Waals surface area contributed by atoms with Gasteiger partial charge in [0, 0.05) is 0 Å². The van der Waals surface area contributed by atoms with Gasteiger partial charge in [-0.1, -0.05) is 12.1 Å². The van der Waals surface area contributed by atoms with E-state index in [2.05, 4.69) is 39.0 Å². The number of benzene rings is 1. The quantitative estimate of drug-likeness (QED) is 0.715. The molecule has 1 aromatic rings. The van der Waals surface area contributed by atoms with Gasteiger partial charge in [-0.05, 0) is 62.3 Å². The van der Waals surface area contributed by atoms with Crippen LogP contribution in [0.15, 0.2) is 12.1 Å². The van der Waals surface area contributed by atoms with Crippen molar-refractivity contribution in [3.63, 3.8) is 0 Å². The van der Waals surface area contributed by atoms with Gasteiger partial charge in [0.2, 0.25) is 0 Å². The summed E-state index contributed by atoms with van der Waals surface area (Å²) in [7, 11) is 0. The summed E-state index contributed by atoms with van der Waals surface area (Å²) in [4.78, 5) is 0. The van der Waals surface area contributed by atoms with E-state index < -0.39 is 0 Å². The second-order valence-corrected chi connectivity index (χ2v) is 4.93. The van der Waals surface area contributed by atoms with Crippen molar-refractivity contribution in [2.75, 3.05) is 0 Å².